The summed E-state index contributed by atoms with van der Waals surface area (Å²) in [5.41, 5.74) is 6.32. The molecule has 0 saturated carbocycles. The van der Waals surface area contributed by atoms with Gasteiger partial charge in [0.1, 0.15) is 18.1 Å². The zero-order valence-corrected chi connectivity index (χ0v) is 12.0. The third-order valence-electron chi connectivity index (χ3n) is 2.94. The molecule has 112 valence electrons. The number of aromatic nitrogens is 3. The zero-order valence-electron chi connectivity index (χ0n) is 12.0. The topological polar surface area (TPSA) is 85.8 Å². The van der Waals surface area contributed by atoms with Crippen LogP contribution in [-0.2, 0) is 23.4 Å². The predicted octanol–water partition coefficient (Wildman–Crippen LogP) is 0.927. The molecule has 0 fully saturated rings. The van der Waals surface area contributed by atoms with Crippen LogP contribution in [0.5, 0.6) is 0 Å². The van der Waals surface area contributed by atoms with Gasteiger partial charge in [-0.1, -0.05) is 23.4 Å². The molecule has 2 aromatic rings. The van der Waals surface area contributed by atoms with Crippen molar-refractivity contribution in [2.24, 2.45) is 5.73 Å². The lowest BCUT2D eigenvalue weighted by Gasteiger charge is -2.13. The Morgan fingerprint density at radius 1 is 1.43 bits per heavy atom. The van der Waals surface area contributed by atoms with Crippen LogP contribution in [0.4, 0.5) is 4.39 Å². The van der Waals surface area contributed by atoms with Gasteiger partial charge in [-0.2, -0.15) is 0 Å². The Morgan fingerprint density at radius 3 is 2.76 bits per heavy atom. The number of amides is 1. The van der Waals surface area contributed by atoms with E-state index >= 15 is 0 Å². The molecule has 0 spiro atoms. The Hall–Kier alpha value is -2.28. The molecule has 2 rings (SSSR count). The molecule has 0 aliphatic rings. The Bertz CT molecular complexity index is 632. The summed E-state index contributed by atoms with van der Waals surface area (Å²) in [4.78, 5) is 11.8. The number of hydrogen-bond donors (Lipinski definition) is 2. The van der Waals surface area contributed by atoms with Crippen molar-refractivity contribution in [2.45, 2.75) is 32.5 Å². The normalized spacial score (nSPS) is 11.4. The fourth-order valence-electron chi connectivity index (χ4n) is 1.71. The summed E-state index contributed by atoms with van der Waals surface area (Å²) >= 11 is 0. The Kier molecular flexibility index (Phi) is 4.32. The van der Waals surface area contributed by atoms with E-state index in [0.29, 0.717) is 11.3 Å². The fraction of sp³-hybridized carbons (Fsp3) is 0.357. The number of carbonyl (C=O) groups is 1. The molecule has 0 saturated heterocycles. The van der Waals surface area contributed by atoms with Gasteiger partial charge in [0, 0.05) is 12.1 Å². The van der Waals surface area contributed by atoms with Crippen molar-refractivity contribution in [3.8, 4) is 0 Å². The summed E-state index contributed by atoms with van der Waals surface area (Å²) in [6.45, 7) is 3.76. The molecular weight excluding hydrogens is 273 g/mol. The number of benzene rings is 1. The van der Waals surface area contributed by atoms with Crippen molar-refractivity contribution >= 4 is 5.91 Å². The van der Waals surface area contributed by atoms with Crippen LogP contribution in [0.1, 0.15) is 25.1 Å². The van der Waals surface area contributed by atoms with E-state index in [2.05, 4.69) is 15.6 Å². The van der Waals surface area contributed by atoms with Crippen LogP contribution in [0.25, 0.3) is 0 Å². The van der Waals surface area contributed by atoms with Crippen LogP contribution in [-0.4, -0.2) is 20.9 Å². The lowest BCUT2D eigenvalue weighted by molar-refractivity contribution is -0.122. The third-order valence-corrected chi connectivity index (χ3v) is 2.94. The number of nitrogens with zero attached hydrogens (tertiary/aromatic N) is 3. The third kappa shape index (κ3) is 4.09. The lowest BCUT2D eigenvalue weighted by atomic mass is 10.0. The van der Waals surface area contributed by atoms with Crippen LogP contribution in [0.15, 0.2) is 30.5 Å². The summed E-state index contributed by atoms with van der Waals surface area (Å²) in [6.07, 6.45) is 1.63. The Morgan fingerprint density at radius 2 is 2.14 bits per heavy atom. The number of carbonyl (C=O) groups excluding carboxylic acids is 1. The van der Waals surface area contributed by atoms with Crippen LogP contribution >= 0.6 is 0 Å². The highest BCUT2D eigenvalue weighted by Crippen LogP contribution is 2.12. The fourth-order valence-corrected chi connectivity index (χ4v) is 1.71. The molecule has 1 aromatic carbocycles. The second kappa shape index (κ2) is 6.01. The van der Waals surface area contributed by atoms with Crippen molar-refractivity contribution < 1.29 is 9.18 Å². The van der Waals surface area contributed by atoms with Gasteiger partial charge in [0.15, 0.2) is 0 Å². The first-order chi connectivity index (χ1) is 9.86. The van der Waals surface area contributed by atoms with E-state index in [4.69, 9.17) is 5.73 Å². The maximum atomic E-state index is 13.4. The molecule has 7 heteroatoms. The van der Waals surface area contributed by atoms with Gasteiger partial charge >= 0.3 is 0 Å². The summed E-state index contributed by atoms with van der Waals surface area (Å²) in [5.74, 6) is -0.616. The van der Waals surface area contributed by atoms with Crippen LogP contribution in [0.3, 0.4) is 0 Å². The van der Waals surface area contributed by atoms with Crippen LogP contribution in [0, 0.1) is 5.82 Å². The molecule has 0 bridgehead atoms. The van der Waals surface area contributed by atoms with Crippen molar-refractivity contribution in [3.63, 3.8) is 0 Å². The molecule has 1 heterocycles. The summed E-state index contributed by atoms with van der Waals surface area (Å²) in [7, 11) is 0. The number of rotatable bonds is 5. The zero-order chi connectivity index (χ0) is 15.5. The van der Waals surface area contributed by atoms with E-state index in [0.717, 1.165) is 0 Å². The molecule has 6 nitrogen and oxygen atoms in total. The first-order valence-electron chi connectivity index (χ1n) is 6.56. The molecule has 1 amide bonds. The van der Waals surface area contributed by atoms with Crippen molar-refractivity contribution in [1.82, 2.24) is 20.3 Å². The van der Waals surface area contributed by atoms with Crippen molar-refractivity contribution in [2.75, 3.05) is 0 Å². The van der Waals surface area contributed by atoms with Gasteiger partial charge < -0.3 is 11.1 Å². The molecule has 0 aliphatic heterocycles. The predicted molar refractivity (Wildman–Crippen MR) is 75.5 cm³/mol. The molecule has 0 radical (unpaired) electrons. The SMILES string of the molecule is CC(C)(N)c1cn(CC(=O)NCc2ccccc2F)nn1. The van der Waals surface area contributed by atoms with Crippen LogP contribution in [0.2, 0.25) is 0 Å². The van der Waals surface area contributed by atoms with E-state index in [1.54, 1.807) is 38.2 Å². The maximum absolute atomic E-state index is 13.4. The minimum Gasteiger partial charge on any atom is -0.350 e. The van der Waals surface area contributed by atoms with Crippen molar-refractivity contribution in [1.29, 1.82) is 0 Å². The maximum Gasteiger partial charge on any atom is 0.242 e. The summed E-state index contributed by atoms with van der Waals surface area (Å²) in [6, 6.07) is 6.30. The summed E-state index contributed by atoms with van der Waals surface area (Å²) < 4.78 is 14.8. The largest absolute Gasteiger partial charge is 0.350 e. The van der Waals surface area contributed by atoms with Crippen LogP contribution < -0.4 is 11.1 Å². The average Bonchev–Trinajstić information content (AvgIpc) is 2.86. The van der Waals surface area contributed by atoms with Gasteiger partial charge in [0.2, 0.25) is 5.91 Å². The molecule has 0 aliphatic carbocycles. The molecule has 0 atom stereocenters. The average molecular weight is 291 g/mol. The number of nitrogens with one attached hydrogen (secondary N) is 1. The first-order valence-corrected chi connectivity index (χ1v) is 6.56. The van der Waals surface area contributed by atoms with E-state index in [1.165, 1.54) is 10.7 Å². The highest BCUT2D eigenvalue weighted by Gasteiger charge is 2.18. The highest BCUT2D eigenvalue weighted by molar-refractivity contribution is 5.75. The van der Waals surface area contributed by atoms with Gasteiger partial charge in [0.25, 0.3) is 0 Å². The van der Waals surface area contributed by atoms with Gasteiger partial charge in [-0.25, -0.2) is 9.07 Å². The Balaban J connectivity index is 1.90. The van der Waals surface area contributed by atoms with E-state index in [1.807, 2.05) is 0 Å². The monoisotopic (exact) mass is 291 g/mol. The number of halogens is 1. The molecule has 1 aromatic heterocycles. The smallest absolute Gasteiger partial charge is 0.242 e. The van der Waals surface area contributed by atoms with E-state index in [9.17, 15) is 9.18 Å². The minimum absolute atomic E-state index is 0.0114. The second-order valence-electron chi connectivity index (χ2n) is 5.39. The number of nitrogens with two attached hydrogens (primary N) is 1. The molecule has 21 heavy (non-hydrogen) atoms. The number of hydrogen-bond acceptors (Lipinski definition) is 4. The standard InChI is InChI=1S/C14H18FN5O/c1-14(2,16)12-8-20(19-18-12)9-13(21)17-7-10-5-3-4-6-11(10)15/h3-6,8H,7,9,16H2,1-2H3,(H,17,21). The van der Waals surface area contributed by atoms with Gasteiger partial charge in [-0.15, -0.1) is 5.10 Å². The quantitative estimate of drug-likeness (QED) is 0.858. The molecule has 3 N–H and O–H groups in total. The van der Waals surface area contributed by atoms with Gasteiger partial charge in [0.05, 0.1) is 11.7 Å². The molecular formula is C14H18FN5O. The molecule has 0 unspecified atom stereocenters. The van der Waals surface area contributed by atoms with Gasteiger partial charge in [-0.05, 0) is 19.9 Å². The lowest BCUT2D eigenvalue weighted by Crippen LogP contribution is -2.29. The minimum atomic E-state index is -0.609. The van der Waals surface area contributed by atoms with E-state index in [-0.39, 0.29) is 24.8 Å². The Labute approximate surface area is 122 Å². The van der Waals surface area contributed by atoms with Gasteiger partial charge in [-0.3, -0.25) is 4.79 Å². The highest BCUT2D eigenvalue weighted by atomic mass is 19.1. The van der Waals surface area contributed by atoms with Crippen molar-refractivity contribution in [3.05, 3.63) is 47.5 Å². The van der Waals surface area contributed by atoms with E-state index < -0.39 is 5.54 Å². The summed E-state index contributed by atoms with van der Waals surface area (Å²) in [5, 5.41) is 10.4. The first kappa shape index (κ1) is 15.1. The second-order valence-corrected chi connectivity index (χ2v) is 5.39.